The van der Waals surface area contributed by atoms with Crippen LogP contribution in [-0.2, 0) is 11.2 Å². The van der Waals surface area contributed by atoms with Gasteiger partial charge in [0.05, 0.1) is 6.42 Å². The highest BCUT2D eigenvalue weighted by molar-refractivity contribution is 6.03. The molecule has 108 valence electrons. The zero-order valence-electron chi connectivity index (χ0n) is 13.0. The molecule has 3 nitrogen and oxygen atoms in total. The van der Waals surface area contributed by atoms with Gasteiger partial charge in [0.25, 0.3) is 0 Å². The monoisotopic (exact) mass is 273 g/mol. The van der Waals surface area contributed by atoms with Crippen LogP contribution in [0.2, 0.25) is 0 Å². The number of nitrogens with zero attached hydrogens (tertiary/aromatic N) is 1. The fraction of sp³-hybridized carbons (Fsp3) is 0.529. The maximum absolute atomic E-state index is 12.4. The minimum Gasteiger partial charge on any atom is -0.315 e. The number of benzene rings is 1. The summed E-state index contributed by atoms with van der Waals surface area (Å²) in [6.07, 6.45) is 0.952. The second kappa shape index (κ2) is 5.04. The van der Waals surface area contributed by atoms with E-state index in [2.05, 4.69) is 27.7 Å². The second-order valence-corrected chi connectivity index (χ2v) is 6.87. The van der Waals surface area contributed by atoms with E-state index >= 15 is 0 Å². The van der Waals surface area contributed by atoms with E-state index in [1.807, 2.05) is 18.2 Å². The zero-order chi connectivity index (χ0) is 15.1. The lowest BCUT2D eigenvalue weighted by Gasteiger charge is -2.26. The highest BCUT2D eigenvalue weighted by Crippen LogP contribution is 2.31. The molecule has 0 bridgehead atoms. The Bertz CT molecular complexity index is 555. The van der Waals surface area contributed by atoms with E-state index in [1.165, 1.54) is 0 Å². The minimum absolute atomic E-state index is 0.0904. The van der Waals surface area contributed by atoms with Crippen molar-refractivity contribution < 1.29 is 9.59 Å². The fourth-order valence-corrected chi connectivity index (χ4v) is 2.35. The molecule has 0 aromatic heterocycles. The van der Waals surface area contributed by atoms with Crippen molar-refractivity contribution >= 4 is 17.4 Å². The number of ketones is 1. The van der Waals surface area contributed by atoms with Crippen molar-refractivity contribution in [2.24, 2.45) is 11.3 Å². The SMILES string of the molecule is CC(CC(=O)c1ccc2c(c1)CC(=O)N2C)C(C)(C)C. The summed E-state index contributed by atoms with van der Waals surface area (Å²) in [5.41, 5.74) is 2.74. The van der Waals surface area contributed by atoms with Crippen molar-refractivity contribution in [1.29, 1.82) is 0 Å². The average molecular weight is 273 g/mol. The molecular weight excluding hydrogens is 250 g/mol. The van der Waals surface area contributed by atoms with Crippen molar-refractivity contribution in [3.63, 3.8) is 0 Å². The van der Waals surface area contributed by atoms with Gasteiger partial charge in [-0.1, -0.05) is 27.7 Å². The zero-order valence-corrected chi connectivity index (χ0v) is 13.0. The van der Waals surface area contributed by atoms with Crippen LogP contribution in [0, 0.1) is 11.3 Å². The van der Waals surface area contributed by atoms with Crippen LogP contribution in [0.15, 0.2) is 18.2 Å². The van der Waals surface area contributed by atoms with Crippen LogP contribution in [0.3, 0.4) is 0 Å². The summed E-state index contributed by atoms with van der Waals surface area (Å²) in [5, 5.41) is 0. The average Bonchev–Trinajstić information content (AvgIpc) is 2.63. The van der Waals surface area contributed by atoms with E-state index in [0.717, 1.165) is 16.8 Å². The molecule has 1 aliphatic rings. The Morgan fingerprint density at radius 3 is 2.60 bits per heavy atom. The lowest BCUT2D eigenvalue weighted by atomic mass is 9.78. The number of hydrogen-bond donors (Lipinski definition) is 0. The van der Waals surface area contributed by atoms with Crippen LogP contribution in [0.4, 0.5) is 5.69 Å². The number of carbonyl (C=O) groups excluding carboxylic acids is 2. The number of rotatable bonds is 3. The third-order valence-electron chi connectivity index (χ3n) is 4.45. The largest absolute Gasteiger partial charge is 0.315 e. The number of amides is 1. The number of carbonyl (C=O) groups is 2. The van der Waals surface area contributed by atoms with Crippen molar-refractivity contribution in [3.05, 3.63) is 29.3 Å². The van der Waals surface area contributed by atoms with E-state index in [-0.39, 0.29) is 17.1 Å². The Morgan fingerprint density at radius 2 is 2.00 bits per heavy atom. The first-order valence-electron chi connectivity index (χ1n) is 7.13. The van der Waals surface area contributed by atoms with E-state index in [1.54, 1.807) is 11.9 Å². The van der Waals surface area contributed by atoms with Gasteiger partial charge < -0.3 is 4.90 Å². The molecule has 1 aromatic rings. The van der Waals surface area contributed by atoms with Gasteiger partial charge in [0.1, 0.15) is 0 Å². The third-order valence-corrected chi connectivity index (χ3v) is 4.45. The summed E-state index contributed by atoms with van der Waals surface area (Å²) < 4.78 is 0. The molecule has 1 aromatic carbocycles. The smallest absolute Gasteiger partial charge is 0.231 e. The predicted octanol–water partition coefficient (Wildman–Crippen LogP) is 3.46. The number of likely N-dealkylation sites (N-methyl/N-ethyl adjacent to an activating group) is 1. The molecule has 0 saturated carbocycles. The van der Waals surface area contributed by atoms with Crippen LogP contribution in [0.25, 0.3) is 0 Å². The molecule has 2 rings (SSSR count). The van der Waals surface area contributed by atoms with E-state index in [0.29, 0.717) is 18.8 Å². The standard InChI is InChI=1S/C17H23NO2/c1-11(17(2,3)4)8-15(19)12-6-7-14-13(9-12)10-16(20)18(14)5/h6-7,9,11H,8,10H2,1-5H3. The van der Waals surface area contributed by atoms with E-state index < -0.39 is 0 Å². The summed E-state index contributed by atoms with van der Waals surface area (Å²) in [6, 6.07) is 5.61. The Kier molecular flexibility index (Phi) is 3.72. The predicted molar refractivity (Wildman–Crippen MR) is 81.1 cm³/mol. The van der Waals surface area contributed by atoms with Crippen LogP contribution in [0.1, 0.15) is 50.0 Å². The minimum atomic E-state index is 0.0904. The highest BCUT2D eigenvalue weighted by Gasteiger charge is 2.26. The second-order valence-electron chi connectivity index (χ2n) is 6.87. The Labute approximate surface area is 121 Å². The van der Waals surface area contributed by atoms with Crippen LogP contribution in [0.5, 0.6) is 0 Å². The summed E-state index contributed by atoms with van der Waals surface area (Å²) in [7, 11) is 1.78. The molecule has 1 heterocycles. The van der Waals surface area contributed by atoms with Gasteiger partial charge in [-0.3, -0.25) is 9.59 Å². The first-order valence-corrected chi connectivity index (χ1v) is 7.13. The molecule has 0 aliphatic carbocycles. The van der Waals surface area contributed by atoms with Crippen LogP contribution in [-0.4, -0.2) is 18.7 Å². The Balaban J connectivity index is 2.18. The summed E-state index contributed by atoms with van der Waals surface area (Å²) >= 11 is 0. The van der Waals surface area contributed by atoms with Crippen molar-refractivity contribution in [2.45, 2.75) is 40.5 Å². The molecule has 3 heteroatoms. The van der Waals surface area contributed by atoms with E-state index in [9.17, 15) is 9.59 Å². The lowest BCUT2D eigenvalue weighted by molar-refractivity contribution is -0.117. The van der Waals surface area contributed by atoms with Crippen molar-refractivity contribution in [2.75, 3.05) is 11.9 Å². The normalized spacial score (nSPS) is 16.2. The van der Waals surface area contributed by atoms with Gasteiger partial charge in [-0.2, -0.15) is 0 Å². The Morgan fingerprint density at radius 1 is 1.35 bits per heavy atom. The topological polar surface area (TPSA) is 37.4 Å². The third kappa shape index (κ3) is 2.77. The van der Waals surface area contributed by atoms with Gasteiger partial charge in [-0.25, -0.2) is 0 Å². The number of Topliss-reactive ketones (excluding diaryl/α,β-unsaturated/α-hetero) is 1. The molecule has 20 heavy (non-hydrogen) atoms. The van der Waals surface area contributed by atoms with Gasteiger partial charge in [-0.15, -0.1) is 0 Å². The van der Waals surface area contributed by atoms with Gasteiger partial charge in [0.15, 0.2) is 5.78 Å². The number of anilines is 1. The highest BCUT2D eigenvalue weighted by atomic mass is 16.2. The molecule has 0 fully saturated rings. The molecular formula is C17H23NO2. The van der Waals surface area contributed by atoms with Gasteiger partial charge >= 0.3 is 0 Å². The molecule has 0 radical (unpaired) electrons. The molecule has 1 aliphatic heterocycles. The van der Waals surface area contributed by atoms with Crippen LogP contribution < -0.4 is 4.90 Å². The summed E-state index contributed by atoms with van der Waals surface area (Å²) in [6.45, 7) is 8.58. The molecule has 1 atom stereocenters. The molecule has 0 N–H and O–H groups in total. The lowest BCUT2D eigenvalue weighted by Crippen LogP contribution is -2.21. The number of fused-ring (bicyclic) bond motifs is 1. The van der Waals surface area contributed by atoms with Gasteiger partial charge in [-0.05, 0) is 35.1 Å². The molecule has 0 spiro atoms. The van der Waals surface area contributed by atoms with Crippen molar-refractivity contribution in [1.82, 2.24) is 0 Å². The summed E-state index contributed by atoms with van der Waals surface area (Å²) in [5.74, 6) is 0.581. The first-order chi connectivity index (χ1) is 9.20. The first kappa shape index (κ1) is 14.8. The fourth-order valence-electron chi connectivity index (χ4n) is 2.35. The molecule has 1 unspecified atom stereocenters. The number of hydrogen-bond acceptors (Lipinski definition) is 2. The Hall–Kier alpha value is -1.64. The van der Waals surface area contributed by atoms with Crippen LogP contribution >= 0.6 is 0 Å². The van der Waals surface area contributed by atoms with Gasteiger partial charge in [0.2, 0.25) is 5.91 Å². The summed E-state index contributed by atoms with van der Waals surface area (Å²) in [4.78, 5) is 25.7. The maximum atomic E-state index is 12.4. The van der Waals surface area contributed by atoms with Crippen molar-refractivity contribution in [3.8, 4) is 0 Å². The molecule has 1 amide bonds. The van der Waals surface area contributed by atoms with E-state index in [4.69, 9.17) is 0 Å². The quantitative estimate of drug-likeness (QED) is 0.791. The molecule has 0 saturated heterocycles. The maximum Gasteiger partial charge on any atom is 0.231 e. The van der Waals surface area contributed by atoms with Gasteiger partial charge in [0, 0.05) is 24.7 Å².